The molecule has 0 unspecified atom stereocenters. The van der Waals surface area contributed by atoms with Gasteiger partial charge in [-0.15, -0.1) is 0 Å². The van der Waals surface area contributed by atoms with Crippen LogP contribution in [0.3, 0.4) is 0 Å². The molecule has 1 aromatic carbocycles. The van der Waals surface area contributed by atoms with Crippen LogP contribution in [0.4, 0.5) is 33.7 Å². The number of carbonyl (C=O) groups is 2. The minimum atomic E-state index is -3.20. The lowest BCUT2D eigenvalue weighted by Gasteiger charge is -2.24. The van der Waals surface area contributed by atoms with Crippen LogP contribution < -0.4 is 15.1 Å². The minimum absolute atomic E-state index is 0.0978. The summed E-state index contributed by atoms with van der Waals surface area (Å²) in [6.45, 7) is 0.596. The molecule has 0 aromatic heterocycles. The summed E-state index contributed by atoms with van der Waals surface area (Å²) in [6.07, 6.45) is -5.06. The lowest BCUT2D eigenvalue weighted by atomic mass is 10.2. The fraction of sp³-hybridized carbons (Fsp3) is 0.556. The molecule has 2 N–H and O–H groups in total. The Morgan fingerprint density at radius 3 is 2.58 bits per heavy atom. The molecule has 9 nitrogen and oxygen atoms in total. The molecule has 0 radical (unpaired) electrons. The van der Waals surface area contributed by atoms with E-state index in [2.05, 4.69) is 0 Å². The molecule has 2 saturated heterocycles. The number of benzene rings is 1. The number of aliphatic hydroxyl groups is 1. The Labute approximate surface area is 175 Å². The van der Waals surface area contributed by atoms with Gasteiger partial charge in [-0.3, -0.25) is 14.5 Å². The van der Waals surface area contributed by atoms with E-state index in [0.717, 1.165) is 17.0 Å². The van der Waals surface area contributed by atoms with Gasteiger partial charge in [-0.1, -0.05) is 0 Å². The topological polar surface area (TPSA) is 94.6 Å². The highest BCUT2D eigenvalue weighted by Gasteiger charge is 2.34. The Hall–Kier alpha value is -2.64. The summed E-state index contributed by atoms with van der Waals surface area (Å²) in [7, 11) is 0. The van der Waals surface area contributed by atoms with E-state index in [1.165, 1.54) is 9.96 Å². The first kappa shape index (κ1) is 23.0. The van der Waals surface area contributed by atoms with Crippen LogP contribution in [0.1, 0.15) is 0 Å². The molecule has 0 spiro atoms. The summed E-state index contributed by atoms with van der Waals surface area (Å²) in [5.41, 5.74) is -0.370. The monoisotopic (exact) mass is 450 g/mol. The number of anilines is 2. The van der Waals surface area contributed by atoms with Crippen LogP contribution in [0.25, 0.3) is 0 Å². The van der Waals surface area contributed by atoms with Crippen molar-refractivity contribution in [1.82, 2.24) is 10.4 Å². The Morgan fingerprint density at radius 2 is 1.94 bits per heavy atom. The number of alkyl halides is 2. The number of nitrogens with one attached hydrogen (secondary N) is 1. The maximum Gasteiger partial charge on any atom is 0.414 e. The number of aliphatic hydroxyl groups excluding tert-OH is 1. The maximum absolute atomic E-state index is 14.8. The zero-order valence-electron chi connectivity index (χ0n) is 16.4. The molecule has 3 rings (SSSR count). The van der Waals surface area contributed by atoms with Gasteiger partial charge < -0.3 is 20.1 Å². The number of ether oxygens (including phenoxy) is 1. The van der Waals surface area contributed by atoms with E-state index >= 15 is 0 Å². The van der Waals surface area contributed by atoms with Crippen LogP contribution in [-0.2, 0) is 14.4 Å². The number of hydroxylamine groups is 2. The molecule has 1 atom stereocenters. The van der Waals surface area contributed by atoms with Gasteiger partial charge in [-0.25, -0.2) is 13.6 Å². The third-order valence-corrected chi connectivity index (χ3v) is 4.81. The Morgan fingerprint density at radius 1 is 1.23 bits per heavy atom. The van der Waals surface area contributed by atoms with Crippen molar-refractivity contribution < 1.29 is 41.8 Å². The van der Waals surface area contributed by atoms with Crippen LogP contribution in [0, 0.1) is 11.6 Å². The van der Waals surface area contributed by atoms with Gasteiger partial charge in [-0.05, 0) is 0 Å². The number of amides is 2. The molecule has 172 valence electrons. The lowest BCUT2D eigenvalue weighted by Crippen LogP contribution is -2.37. The van der Waals surface area contributed by atoms with Crippen molar-refractivity contribution in [3.05, 3.63) is 23.8 Å². The van der Waals surface area contributed by atoms with Gasteiger partial charge in [0.1, 0.15) is 11.8 Å². The van der Waals surface area contributed by atoms with Crippen LogP contribution in [0.2, 0.25) is 0 Å². The number of halogens is 4. The summed E-state index contributed by atoms with van der Waals surface area (Å²) in [4.78, 5) is 30.8. The first-order valence-electron chi connectivity index (χ1n) is 9.57. The van der Waals surface area contributed by atoms with Crippen molar-refractivity contribution in [3.8, 4) is 0 Å². The van der Waals surface area contributed by atoms with E-state index in [1.54, 1.807) is 0 Å². The molecule has 13 heteroatoms. The second-order valence-electron chi connectivity index (χ2n) is 6.89. The predicted molar refractivity (Wildman–Crippen MR) is 99.8 cm³/mol. The Balaban J connectivity index is 1.69. The van der Waals surface area contributed by atoms with E-state index in [4.69, 9.17) is 14.7 Å². The van der Waals surface area contributed by atoms with Crippen LogP contribution in [0.5, 0.6) is 0 Å². The maximum atomic E-state index is 14.8. The second kappa shape index (κ2) is 10.1. The van der Waals surface area contributed by atoms with Gasteiger partial charge in [0.25, 0.3) is 5.91 Å². The van der Waals surface area contributed by atoms with Gasteiger partial charge in [-0.2, -0.15) is 13.8 Å². The first-order chi connectivity index (χ1) is 14.8. The van der Waals surface area contributed by atoms with E-state index < -0.39 is 36.2 Å². The van der Waals surface area contributed by atoms with Crippen molar-refractivity contribution in [1.29, 1.82) is 0 Å². The van der Waals surface area contributed by atoms with Crippen molar-refractivity contribution in [2.24, 2.45) is 0 Å². The van der Waals surface area contributed by atoms with Crippen molar-refractivity contribution in [2.45, 2.75) is 12.5 Å². The number of nitrogens with zero attached hydrogens (tertiary/aromatic N) is 3. The highest BCUT2D eigenvalue weighted by atomic mass is 19.3. The molecular formula is C18H22F4N4O5. The largest absolute Gasteiger partial charge is 0.442 e. The van der Waals surface area contributed by atoms with Crippen LogP contribution in [0.15, 0.2) is 12.1 Å². The predicted octanol–water partition coefficient (Wildman–Crippen LogP) is 0.717. The standard InChI is InChI=1S/C18H22F4N4O5/c19-13-7-11(26-10-12(31-18(26)29)9-23-17(28)16(21)22)8-14(20)15(13)24-1-2-25(3-5-27)30-6-4-24/h7-8,12,16,27H,1-6,9-10H2,(H,23,28)/t12-/m0/s1. The SMILES string of the molecule is O=C(NC[C@H]1CN(c2cc(F)c(N3CCON(CCO)CC3)c(F)c2)C(=O)O1)C(F)F. The molecular weight excluding hydrogens is 428 g/mol. The Kier molecular flexibility index (Phi) is 7.51. The lowest BCUT2D eigenvalue weighted by molar-refractivity contribution is -0.152. The highest BCUT2D eigenvalue weighted by molar-refractivity contribution is 5.90. The van der Waals surface area contributed by atoms with Gasteiger partial charge in [0.15, 0.2) is 11.6 Å². The number of cyclic esters (lactones) is 1. The van der Waals surface area contributed by atoms with E-state index in [-0.39, 0.29) is 57.3 Å². The summed E-state index contributed by atoms with van der Waals surface area (Å²) in [6, 6.07) is 1.97. The van der Waals surface area contributed by atoms with Gasteiger partial charge >= 0.3 is 12.5 Å². The molecule has 2 aliphatic rings. The molecule has 2 amide bonds. The number of carbonyl (C=O) groups excluding carboxylic acids is 2. The van der Waals surface area contributed by atoms with Crippen LogP contribution in [-0.4, -0.2) is 87.2 Å². The fourth-order valence-electron chi connectivity index (χ4n) is 3.34. The number of rotatable bonds is 7. The molecule has 31 heavy (non-hydrogen) atoms. The molecule has 2 fully saturated rings. The summed E-state index contributed by atoms with van der Waals surface area (Å²) >= 11 is 0. The summed E-state index contributed by atoms with van der Waals surface area (Å²) < 4.78 is 59.1. The summed E-state index contributed by atoms with van der Waals surface area (Å²) in [5.74, 6) is -3.30. The molecule has 0 aliphatic carbocycles. The third kappa shape index (κ3) is 5.54. The van der Waals surface area contributed by atoms with Gasteiger partial charge in [0.2, 0.25) is 0 Å². The molecule has 0 bridgehead atoms. The second-order valence-corrected chi connectivity index (χ2v) is 6.89. The number of hydrogen-bond acceptors (Lipinski definition) is 7. The number of hydrogen-bond donors (Lipinski definition) is 2. The van der Waals surface area contributed by atoms with Crippen molar-refractivity contribution >= 4 is 23.4 Å². The van der Waals surface area contributed by atoms with Gasteiger partial charge in [0.05, 0.1) is 32.0 Å². The van der Waals surface area contributed by atoms with Crippen molar-refractivity contribution in [3.63, 3.8) is 0 Å². The average Bonchev–Trinajstić information content (AvgIpc) is 2.93. The average molecular weight is 450 g/mol. The summed E-state index contributed by atoms with van der Waals surface area (Å²) in [5, 5.41) is 12.4. The van der Waals surface area contributed by atoms with E-state index in [0.29, 0.717) is 6.54 Å². The third-order valence-electron chi connectivity index (χ3n) is 4.81. The quantitative estimate of drug-likeness (QED) is 0.592. The zero-order valence-corrected chi connectivity index (χ0v) is 16.4. The van der Waals surface area contributed by atoms with Crippen LogP contribution >= 0.6 is 0 Å². The normalized spacial score (nSPS) is 20.2. The first-order valence-corrected chi connectivity index (χ1v) is 9.57. The van der Waals surface area contributed by atoms with E-state index in [1.807, 2.05) is 5.32 Å². The molecule has 0 saturated carbocycles. The minimum Gasteiger partial charge on any atom is -0.442 e. The van der Waals surface area contributed by atoms with Gasteiger partial charge in [0, 0.05) is 38.3 Å². The molecule has 1 aromatic rings. The fourth-order valence-corrected chi connectivity index (χ4v) is 3.34. The van der Waals surface area contributed by atoms with Crippen molar-refractivity contribution in [2.75, 3.05) is 62.3 Å². The molecule has 2 heterocycles. The van der Waals surface area contributed by atoms with E-state index in [9.17, 15) is 27.2 Å². The highest BCUT2D eigenvalue weighted by Crippen LogP contribution is 2.31. The Bertz CT molecular complexity index is 792. The molecule has 2 aliphatic heterocycles. The number of β-amino-alcohol motifs (C(OH)–C–C–N with tert-alkyl or cyclic N) is 1. The zero-order chi connectivity index (χ0) is 22.5. The smallest absolute Gasteiger partial charge is 0.414 e.